The average Bonchev–Trinajstić information content (AvgIpc) is 3.42. The van der Waals surface area contributed by atoms with Gasteiger partial charge >= 0.3 is 6.03 Å². The fourth-order valence-electron chi connectivity index (χ4n) is 3.09. The molecule has 1 aliphatic rings. The van der Waals surface area contributed by atoms with Gasteiger partial charge in [-0.25, -0.2) is 4.79 Å². The fourth-order valence-corrected chi connectivity index (χ4v) is 3.09. The Morgan fingerprint density at radius 2 is 1.88 bits per heavy atom. The van der Waals surface area contributed by atoms with Crippen molar-refractivity contribution in [1.29, 1.82) is 0 Å². The maximum absolute atomic E-state index is 12.1. The molecule has 132 valence electrons. The third-order valence-corrected chi connectivity index (χ3v) is 4.94. The molecule has 1 fully saturated rings. The lowest BCUT2D eigenvalue weighted by atomic mass is 9.95. The molecule has 2 N–H and O–H groups in total. The first-order valence-electron chi connectivity index (χ1n) is 8.83. The summed E-state index contributed by atoms with van der Waals surface area (Å²) in [6.07, 6.45) is 3.06. The van der Waals surface area contributed by atoms with Crippen LogP contribution in [0.25, 0.3) is 0 Å². The normalized spacial score (nSPS) is 14.6. The first-order chi connectivity index (χ1) is 12.1. The highest BCUT2D eigenvalue weighted by Crippen LogP contribution is 2.47. The molecule has 2 aromatic carbocycles. The number of hydrogen-bond donors (Lipinski definition) is 2. The smallest absolute Gasteiger partial charge is 0.314 e. The lowest BCUT2D eigenvalue weighted by Crippen LogP contribution is -2.40. The summed E-state index contributed by atoms with van der Waals surface area (Å²) in [5, 5.41) is 5.97. The van der Waals surface area contributed by atoms with E-state index >= 15 is 0 Å². The minimum absolute atomic E-state index is 0.0960. The number of ether oxygens (including phenoxy) is 1. The predicted molar refractivity (Wildman–Crippen MR) is 100 cm³/mol. The first-order valence-corrected chi connectivity index (χ1v) is 8.83. The minimum Gasteiger partial charge on any atom is -0.497 e. The summed E-state index contributed by atoms with van der Waals surface area (Å²) >= 11 is 0. The zero-order valence-corrected chi connectivity index (χ0v) is 15.0. The lowest BCUT2D eigenvalue weighted by Gasteiger charge is -2.17. The monoisotopic (exact) mass is 338 g/mol. The Morgan fingerprint density at radius 3 is 2.56 bits per heavy atom. The van der Waals surface area contributed by atoms with Crippen molar-refractivity contribution in [2.45, 2.75) is 31.6 Å². The fraction of sp³-hybridized carbons (Fsp3) is 0.381. The topological polar surface area (TPSA) is 50.4 Å². The van der Waals surface area contributed by atoms with Gasteiger partial charge in [0, 0.05) is 18.5 Å². The SMILES string of the molecule is COc1cccc(CCNC(=O)NCC2(c3ccc(C)cc3)CC2)c1. The second-order valence-corrected chi connectivity index (χ2v) is 6.86. The van der Waals surface area contributed by atoms with Crippen LogP contribution in [0.3, 0.4) is 0 Å². The second-order valence-electron chi connectivity index (χ2n) is 6.86. The Labute approximate surface area is 149 Å². The van der Waals surface area contributed by atoms with Crippen molar-refractivity contribution in [3.63, 3.8) is 0 Å². The molecular weight excluding hydrogens is 312 g/mol. The van der Waals surface area contributed by atoms with E-state index in [0.29, 0.717) is 13.1 Å². The van der Waals surface area contributed by atoms with Crippen molar-refractivity contribution in [2.75, 3.05) is 20.2 Å². The quantitative estimate of drug-likeness (QED) is 0.811. The lowest BCUT2D eigenvalue weighted by molar-refractivity contribution is 0.240. The van der Waals surface area contributed by atoms with Crippen molar-refractivity contribution >= 4 is 6.03 Å². The zero-order valence-electron chi connectivity index (χ0n) is 15.0. The van der Waals surface area contributed by atoms with Gasteiger partial charge in [0.15, 0.2) is 0 Å². The molecule has 0 spiro atoms. The number of nitrogens with one attached hydrogen (secondary N) is 2. The number of carbonyl (C=O) groups excluding carboxylic acids is 1. The van der Waals surface area contributed by atoms with Crippen molar-refractivity contribution in [3.8, 4) is 5.75 Å². The van der Waals surface area contributed by atoms with Crippen molar-refractivity contribution in [2.24, 2.45) is 0 Å². The molecule has 0 heterocycles. The molecule has 2 aromatic rings. The number of hydrogen-bond acceptors (Lipinski definition) is 2. The Kier molecular flexibility index (Phi) is 5.27. The maximum atomic E-state index is 12.1. The van der Waals surface area contributed by atoms with Crippen LogP contribution >= 0.6 is 0 Å². The number of carbonyl (C=O) groups is 1. The van der Waals surface area contributed by atoms with Crippen molar-refractivity contribution < 1.29 is 9.53 Å². The molecule has 0 bridgehead atoms. The van der Waals surface area contributed by atoms with E-state index in [0.717, 1.165) is 30.6 Å². The van der Waals surface area contributed by atoms with Crippen molar-refractivity contribution in [1.82, 2.24) is 10.6 Å². The molecule has 0 saturated heterocycles. The number of aryl methyl sites for hydroxylation is 1. The highest BCUT2D eigenvalue weighted by molar-refractivity contribution is 5.74. The minimum atomic E-state index is -0.0960. The molecule has 2 amide bonds. The van der Waals surface area contributed by atoms with Crippen LogP contribution in [0.5, 0.6) is 5.75 Å². The molecule has 4 heteroatoms. The number of benzene rings is 2. The van der Waals surface area contributed by atoms with E-state index in [-0.39, 0.29) is 11.4 Å². The molecule has 0 aliphatic heterocycles. The van der Waals surface area contributed by atoms with Gasteiger partial charge in [-0.05, 0) is 49.4 Å². The molecule has 1 aliphatic carbocycles. The van der Waals surface area contributed by atoms with E-state index in [1.54, 1.807) is 7.11 Å². The second kappa shape index (κ2) is 7.60. The molecule has 4 nitrogen and oxygen atoms in total. The van der Waals surface area contributed by atoms with Gasteiger partial charge in [-0.3, -0.25) is 0 Å². The largest absolute Gasteiger partial charge is 0.497 e. The van der Waals surface area contributed by atoms with Gasteiger partial charge in [0.25, 0.3) is 0 Å². The van der Waals surface area contributed by atoms with E-state index < -0.39 is 0 Å². The van der Waals surface area contributed by atoms with Crippen LogP contribution < -0.4 is 15.4 Å². The summed E-state index contributed by atoms with van der Waals surface area (Å²) in [5.41, 5.74) is 3.88. The molecule has 1 saturated carbocycles. The third-order valence-electron chi connectivity index (χ3n) is 4.94. The number of rotatable bonds is 7. The molecule has 0 atom stereocenters. The summed E-state index contributed by atoms with van der Waals surface area (Å²) < 4.78 is 5.21. The summed E-state index contributed by atoms with van der Waals surface area (Å²) in [4.78, 5) is 12.1. The third kappa shape index (κ3) is 4.53. The Balaban J connectivity index is 1.43. The standard InChI is InChI=1S/C21H26N2O2/c1-16-6-8-18(9-7-16)21(11-12-21)15-23-20(24)22-13-10-17-4-3-5-19(14-17)25-2/h3-9,14H,10-13,15H2,1-2H3,(H2,22,23,24). The Morgan fingerprint density at radius 1 is 1.12 bits per heavy atom. The van der Waals surface area contributed by atoms with Gasteiger partial charge in [0.05, 0.1) is 7.11 Å². The highest BCUT2D eigenvalue weighted by atomic mass is 16.5. The van der Waals surface area contributed by atoms with Gasteiger partial charge in [0.2, 0.25) is 0 Å². The molecule has 0 aromatic heterocycles. The highest BCUT2D eigenvalue weighted by Gasteiger charge is 2.44. The summed E-state index contributed by atoms with van der Waals surface area (Å²) in [6.45, 7) is 3.40. The molecule has 3 rings (SSSR count). The maximum Gasteiger partial charge on any atom is 0.314 e. The summed E-state index contributed by atoms with van der Waals surface area (Å²) in [5.74, 6) is 0.843. The van der Waals surface area contributed by atoms with Crippen LogP contribution in [0.1, 0.15) is 29.5 Å². The van der Waals surface area contributed by atoms with Gasteiger partial charge < -0.3 is 15.4 Å². The zero-order chi connectivity index (χ0) is 17.7. The van der Waals surface area contributed by atoms with Gasteiger partial charge in [-0.1, -0.05) is 42.0 Å². The average molecular weight is 338 g/mol. The van der Waals surface area contributed by atoms with Gasteiger partial charge in [0.1, 0.15) is 5.75 Å². The van der Waals surface area contributed by atoms with Gasteiger partial charge in [-0.2, -0.15) is 0 Å². The van der Waals surface area contributed by atoms with Crippen LogP contribution in [0, 0.1) is 6.92 Å². The van der Waals surface area contributed by atoms with Crippen molar-refractivity contribution in [3.05, 3.63) is 65.2 Å². The van der Waals surface area contributed by atoms with E-state index in [1.165, 1.54) is 11.1 Å². The Bertz CT molecular complexity index is 721. The van der Waals surface area contributed by atoms with Crippen LogP contribution in [-0.4, -0.2) is 26.2 Å². The van der Waals surface area contributed by atoms with Crippen LogP contribution in [0.2, 0.25) is 0 Å². The van der Waals surface area contributed by atoms with E-state index in [9.17, 15) is 4.79 Å². The van der Waals surface area contributed by atoms with E-state index in [4.69, 9.17) is 4.74 Å². The summed E-state index contributed by atoms with van der Waals surface area (Å²) in [7, 11) is 1.66. The Hall–Kier alpha value is -2.49. The number of methoxy groups -OCH3 is 1. The molecule has 25 heavy (non-hydrogen) atoms. The van der Waals surface area contributed by atoms with Gasteiger partial charge in [-0.15, -0.1) is 0 Å². The number of amides is 2. The molecule has 0 unspecified atom stereocenters. The molecule has 0 radical (unpaired) electrons. The van der Waals surface area contributed by atoms with Crippen LogP contribution in [0.15, 0.2) is 48.5 Å². The van der Waals surface area contributed by atoms with Crippen LogP contribution in [0.4, 0.5) is 4.79 Å². The first kappa shape index (κ1) is 17.3. The predicted octanol–water partition coefficient (Wildman–Crippen LogP) is 3.58. The van der Waals surface area contributed by atoms with E-state index in [2.05, 4.69) is 41.8 Å². The summed E-state index contributed by atoms with van der Waals surface area (Å²) in [6, 6.07) is 16.5. The number of urea groups is 1. The van der Waals surface area contributed by atoms with E-state index in [1.807, 2.05) is 24.3 Å². The molecular formula is C21H26N2O2. The van der Waals surface area contributed by atoms with Crippen LogP contribution in [-0.2, 0) is 11.8 Å².